The molecular weight excluding hydrogens is 690 g/mol. The summed E-state index contributed by atoms with van der Waals surface area (Å²) in [6, 6.07) is 34.1. The third-order valence-corrected chi connectivity index (χ3v) is 6.76. The molecule has 4 aromatic carbocycles. The average Bonchev–Trinajstić information content (AvgIpc) is 3.55. The van der Waals surface area contributed by atoms with Crippen molar-refractivity contribution in [3.63, 3.8) is 0 Å². The van der Waals surface area contributed by atoms with Crippen molar-refractivity contribution < 1.29 is 77.2 Å². The Morgan fingerprint density at radius 2 is 0.925 bits per heavy atom. The zero-order valence-corrected chi connectivity index (χ0v) is 29.6. The number of nitrogens with zero attached hydrogens (tertiary/aromatic N) is 2. The van der Waals surface area contributed by atoms with Crippen LogP contribution >= 0.6 is 0 Å². The van der Waals surface area contributed by atoms with Crippen LogP contribution in [-0.4, -0.2) is 9.97 Å². The van der Waals surface area contributed by atoms with Crippen molar-refractivity contribution in [1.29, 1.82) is 0 Å². The molecule has 6 rings (SSSR count). The Bertz CT molecular complexity index is 1470. The van der Waals surface area contributed by atoms with E-state index >= 15 is 0 Å². The largest absolute Gasteiger partial charge is 2.00 e. The molecule has 0 spiro atoms. The summed E-state index contributed by atoms with van der Waals surface area (Å²) in [6.45, 7) is 8.92. The Labute approximate surface area is 288 Å². The topological polar surface area (TPSA) is 25.8 Å². The third-order valence-electron chi connectivity index (χ3n) is 6.76. The van der Waals surface area contributed by atoms with Crippen LogP contribution in [0.25, 0.3) is 44.1 Å². The van der Waals surface area contributed by atoms with Crippen LogP contribution in [0.1, 0.15) is 50.7 Å². The zero-order valence-electron chi connectivity index (χ0n) is 23.2. The van der Waals surface area contributed by atoms with Gasteiger partial charge in [-0.15, -0.1) is 69.1 Å². The Balaban J connectivity index is 0.000000364. The van der Waals surface area contributed by atoms with Crippen LogP contribution in [0.4, 0.5) is 0 Å². The molecule has 0 aliphatic carbocycles. The summed E-state index contributed by atoms with van der Waals surface area (Å²) in [7, 11) is 0. The monoisotopic (exact) mass is 718 g/mol. The van der Waals surface area contributed by atoms with Crippen LogP contribution in [0.15, 0.2) is 109 Å². The van der Waals surface area contributed by atoms with E-state index in [9.17, 15) is 0 Å². The minimum atomic E-state index is 0. The number of fused-ring (bicyclic) bond motifs is 2. The molecule has 40 heavy (non-hydrogen) atoms. The van der Waals surface area contributed by atoms with Gasteiger partial charge < -0.3 is 24.8 Å². The first kappa shape index (κ1) is 36.3. The molecule has 0 radical (unpaired) electrons. The summed E-state index contributed by atoms with van der Waals surface area (Å²) < 4.78 is 0. The predicted octanol–water partition coefficient (Wildman–Crippen LogP) is 3.49. The standard InChI is InChI=1S/2C17H16N.2ClH.2Zr/c2*1-12(2)14-10-13-6-5-7-15(16(13)11-14)17-8-3-4-9-18-17;;;;/h2*3-12H,1-2H3;2*1H;;/q2*-1;;;2*+2/p-2. The maximum absolute atomic E-state index is 4.45. The minimum absolute atomic E-state index is 0. The minimum Gasteiger partial charge on any atom is -1.00 e. The van der Waals surface area contributed by atoms with Gasteiger partial charge in [0.05, 0.1) is 11.4 Å². The van der Waals surface area contributed by atoms with Gasteiger partial charge in [0.1, 0.15) is 0 Å². The van der Waals surface area contributed by atoms with E-state index in [1.54, 1.807) is 0 Å². The van der Waals surface area contributed by atoms with E-state index in [0.29, 0.717) is 11.8 Å². The fraction of sp³-hybridized carbons (Fsp3) is 0.176. The van der Waals surface area contributed by atoms with Gasteiger partial charge in [-0.2, -0.15) is 12.1 Å². The fourth-order valence-electron chi connectivity index (χ4n) is 4.67. The molecule has 0 saturated carbocycles. The summed E-state index contributed by atoms with van der Waals surface area (Å²) in [5.41, 5.74) is 7.33. The number of hydrogen-bond donors (Lipinski definition) is 0. The molecule has 0 fully saturated rings. The molecule has 0 N–H and O–H groups in total. The predicted molar refractivity (Wildman–Crippen MR) is 154 cm³/mol. The van der Waals surface area contributed by atoms with Gasteiger partial charge in [-0.05, 0) is 47.2 Å². The summed E-state index contributed by atoms with van der Waals surface area (Å²) in [4.78, 5) is 8.91. The Morgan fingerprint density at radius 1 is 0.525 bits per heavy atom. The third kappa shape index (κ3) is 8.20. The first-order valence-electron chi connectivity index (χ1n) is 12.7. The molecule has 0 aliphatic heterocycles. The molecule has 0 unspecified atom stereocenters. The van der Waals surface area contributed by atoms with Crippen LogP contribution in [0.5, 0.6) is 0 Å². The van der Waals surface area contributed by atoms with Crippen molar-refractivity contribution in [2.45, 2.75) is 39.5 Å². The molecule has 0 amide bonds. The Hall–Kier alpha value is -1.69. The van der Waals surface area contributed by atoms with E-state index < -0.39 is 0 Å². The summed E-state index contributed by atoms with van der Waals surface area (Å²) in [5, 5.41) is 5.23. The van der Waals surface area contributed by atoms with Crippen LogP contribution in [-0.2, 0) is 52.4 Å². The maximum Gasteiger partial charge on any atom is 2.00 e. The normalized spacial score (nSPS) is 10.2. The summed E-state index contributed by atoms with van der Waals surface area (Å²) >= 11 is 0. The number of hydrogen-bond acceptors (Lipinski definition) is 2. The number of halogens is 2. The van der Waals surface area contributed by atoms with Crippen LogP contribution in [0.2, 0.25) is 0 Å². The number of benzene rings is 2. The van der Waals surface area contributed by atoms with Crippen molar-refractivity contribution in [3.05, 3.63) is 121 Å². The molecule has 0 saturated heterocycles. The van der Waals surface area contributed by atoms with Crippen molar-refractivity contribution in [3.8, 4) is 22.5 Å². The fourth-order valence-corrected chi connectivity index (χ4v) is 4.67. The quantitative estimate of drug-likeness (QED) is 0.261. The molecule has 6 aromatic rings. The van der Waals surface area contributed by atoms with E-state index in [0.717, 1.165) is 11.4 Å². The van der Waals surface area contributed by atoms with E-state index in [2.05, 4.69) is 110 Å². The van der Waals surface area contributed by atoms with Gasteiger partial charge in [-0.25, -0.2) is 0 Å². The van der Waals surface area contributed by atoms with Crippen molar-refractivity contribution >= 4 is 21.5 Å². The van der Waals surface area contributed by atoms with Gasteiger partial charge in [0.15, 0.2) is 0 Å². The Kier molecular flexibility index (Phi) is 15.1. The first-order chi connectivity index (χ1) is 17.5. The molecule has 0 bridgehead atoms. The van der Waals surface area contributed by atoms with Crippen molar-refractivity contribution in [1.82, 2.24) is 9.97 Å². The van der Waals surface area contributed by atoms with Gasteiger partial charge in [0, 0.05) is 12.4 Å². The van der Waals surface area contributed by atoms with Crippen molar-refractivity contribution in [2.75, 3.05) is 0 Å². The van der Waals surface area contributed by atoms with Gasteiger partial charge >= 0.3 is 52.4 Å². The zero-order chi connectivity index (χ0) is 25.1. The van der Waals surface area contributed by atoms with E-state index in [-0.39, 0.29) is 77.2 Å². The smallest absolute Gasteiger partial charge is 1.00 e. The SMILES string of the molecule is CC(C)c1cc2c(-c3ccccn3)cccc2[cH-]1.CC(C)c1cc2c(-c3ccccn3)cccc2[cH-]1.[Cl-].[Cl-].[Zr+2].[Zr+2]. The second kappa shape index (κ2) is 16.7. The molecule has 0 aliphatic rings. The second-order valence-corrected chi connectivity index (χ2v) is 9.93. The average molecular weight is 722 g/mol. The maximum atomic E-state index is 4.45. The summed E-state index contributed by atoms with van der Waals surface area (Å²) in [5.74, 6) is 1.13. The second-order valence-electron chi connectivity index (χ2n) is 9.93. The molecular formula is C34H32Cl2N2Zr2. The van der Waals surface area contributed by atoms with Gasteiger partial charge in [-0.1, -0.05) is 52.0 Å². The van der Waals surface area contributed by atoms with Gasteiger partial charge in [0.25, 0.3) is 0 Å². The van der Waals surface area contributed by atoms with Crippen LogP contribution in [0.3, 0.4) is 0 Å². The summed E-state index contributed by atoms with van der Waals surface area (Å²) in [6.07, 6.45) is 3.70. The first-order valence-corrected chi connectivity index (χ1v) is 12.7. The van der Waals surface area contributed by atoms with Gasteiger partial charge in [-0.3, -0.25) is 9.97 Å². The van der Waals surface area contributed by atoms with Gasteiger partial charge in [0.2, 0.25) is 0 Å². The van der Waals surface area contributed by atoms with Crippen molar-refractivity contribution in [2.24, 2.45) is 0 Å². The molecule has 2 nitrogen and oxygen atoms in total. The molecule has 200 valence electrons. The van der Waals surface area contributed by atoms with Crippen LogP contribution in [0, 0.1) is 0 Å². The van der Waals surface area contributed by atoms with E-state index in [1.165, 1.54) is 43.8 Å². The number of rotatable bonds is 4. The molecule has 0 atom stereocenters. The van der Waals surface area contributed by atoms with Crippen LogP contribution < -0.4 is 24.8 Å². The Morgan fingerprint density at radius 3 is 1.25 bits per heavy atom. The molecule has 6 heteroatoms. The molecule has 2 aromatic heterocycles. The number of aromatic nitrogens is 2. The van der Waals surface area contributed by atoms with E-state index in [4.69, 9.17) is 0 Å². The molecule has 2 heterocycles. The number of pyridine rings is 2. The van der Waals surface area contributed by atoms with E-state index in [1.807, 2.05) is 36.7 Å².